The van der Waals surface area contributed by atoms with Crippen LogP contribution in [-0.4, -0.2) is 37.4 Å². The van der Waals surface area contributed by atoms with Gasteiger partial charge in [0.25, 0.3) is 0 Å². The molecule has 0 amide bonds. The lowest BCUT2D eigenvalue weighted by Crippen LogP contribution is -2.51. The molecule has 0 aliphatic heterocycles. The van der Waals surface area contributed by atoms with Crippen molar-refractivity contribution in [3.8, 4) is 0 Å². The number of hydrogen-bond donors (Lipinski definition) is 0. The highest BCUT2D eigenvalue weighted by Gasteiger charge is 2.60. The zero-order valence-electron chi connectivity index (χ0n) is 16.4. The van der Waals surface area contributed by atoms with Gasteiger partial charge >= 0.3 is 0 Å². The summed E-state index contributed by atoms with van der Waals surface area (Å²) in [7, 11) is 4.16. The first-order valence-electron chi connectivity index (χ1n) is 10.3. The Labute approximate surface area is 152 Å². The summed E-state index contributed by atoms with van der Waals surface area (Å²) in [4.78, 5) is 15.4. The molecular weight excluding hydrogens is 310 g/mol. The SMILES string of the molecule is CN(C)CC1CC2C3CC=C4C[C@@H]([O-])CC[C@]4(C)C3CC[C@]2(C)C1=O. The number of carbonyl (C=O) groups is 1. The predicted octanol–water partition coefficient (Wildman–Crippen LogP) is 3.03. The summed E-state index contributed by atoms with van der Waals surface area (Å²) in [5.41, 5.74) is 1.59. The van der Waals surface area contributed by atoms with E-state index in [0.717, 1.165) is 45.1 Å². The van der Waals surface area contributed by atoms with Gasteiger partial charge in [-0.25, -0.2) is 0 Å². The van der Waals surface area contributed by atoms with Crippen LogP contribution in [0.25, 0.3) is 0 Å². The van der Waals surface area contributed by atoms with E-state index in [-0.39, 0.29) is 22.9 Å². The van der Waals surface area contributed by atoms with Crippen molar-refractivity contribution in [2.45, 2.75) is 64.9 Å². The van der Waals surface area contributed by atoms with Crippen molar-refractivity contribution in [2.75, 3.05) is 20.6 Å². The van der Waals surface area contributed by atoms with Crippen LogP contribution in [0.3, 0.4) is 0 Å². The largest absolute Gasteiger partial charge is 0.852 e. The summed E-state index contributed by atoms with van der Waals surface area (Å²) in [5, 5.41) is 12.0. The maximum atomic E-state index is 13.2. The lowest BCUT2D eigenvalue weighted by atomic mass is 9.48. The minimum absolute atomic E-state index is 0.0979. The number of hydrogen-bond acceptors (Lipinski definition) is 3. The molecule has 140 valence electrons. The Hall–Kier alpha value is -0.670. The number of allylic oxidation sites excluding steroid dienone is 1. The van der Waals surface area contributed by atoms with Crippen molar-refractivity contribution in [2.24, 2.45) is 34.5 Å². The highest BCUT2D eigenvalue weighted by atomic mass is 16.3. The van der Waals surface area contributed by atoms with Crippen LogP contribution in [0.4, 0.5) is 0 Å². The number of Topliss-reactive ketones (excluding diaryl/α,β-unsaturated/α-hetero) is 1. The Morgan fingerprint density at radius 1 is 1.16 bits per heavy atom. The topological polar surface area (TPSA) is 43.4 Å². The quantitative estimate of drug-likeness (QED) is 0.723. The monoisotopic (exact) mass is 344 g/mol. The van der Waals surface area contributed by atoms with Crippen molar-refractivity contribution in [3.63, 3.8) is 0 Å². The van der Waals surface area contributed by atoms with Crippen molar-refractivity contribution >= 4 is 5.78 Å². The van der Waals surface area contributed by atoms with Gasteiger partial charge in [0, 0.05) is 17.9 Å². The fourth-order valence-corrected chi connectivity index (χ4v) is 7.17. The molecule has 0 aromatic carbocycles. The molecule has 3 heteroatoms. The number of nitrogens with zero attached hydrogens (tertiary/aromatic N) is 1. The second kappa shape index (κ2) is 5.92. The van der Waals surface area contributed by atoms with Gasteiger partial charge in [0.2, 0.25) is 0 Å². The van der Waals surface area contributed by atoms with E-state index in [2.05, 4.69) is 38.9 Å². The second-order valence-electron chi connectivity index (χ2n) is 10.1. The van der Waals surface area contributed by atoms with E-state index in [0.29, 0.717) is 23.5 Å². The van der Waals surface area contributed by atoms with E-state index in [1.165, 1.54) is 12.0 Å². The molecule has 0 aromatic rings. The third-order valence-electron chi connectivity index (χ3n) is 8.51. The van der Waals surface area contributed by atoms with Crippen LogP contribution in [0, 0.1) is 34.5 Å². The van der Waals surface area contributed by atoms with E-state index in [1.807, 2.05) is 0 Å². The molecule has 0 spiro atoms. The highest BCUT2D eigenvalue weighted by Crippen LogP contribution is 2.64. The lowest BCUT2D eigenvalue weighted by Gasteiger charge is -2.57. The van der Waals surface area contributed by atoms with Crippen molar-refractivity contribution in [1.29, 1.82) is 0 Å². The second-order valence-corrected chi connectivity index (χ2v) is 10.1. The molecule has 0 aromatic heterocycles. The third-order valence-corrected chi connectivity index (χ3v) is 8.51. The third kappa shape index (κ3) is 2.56. The molecule has 4 aliphatic rings. The van der Waals surface area contributed by atoms with Crippen LogP contribution in [-0.2, 0) is 4.79 Å². The highest BCUT2D eigenvalue weighted by molar-refractivity contribution is 5.89. The standard InChI is InChI=1S/C22H34NO2/c1-21-9-7-16(24)12-15(21)5-6-17-18(21)8-10-22(2)19(17)11-14(20(22)25)13-23(3)4/h5,14,16-19H,6-13H2,1-4H3/q-1/t14?,16-,17?,18?,19?,21-,22-/m0/s1. The predicted molar refractivity (Wildman–Crippen MR) is 97.9 cm³/mol. The first-order valence-corrected chi connectivity index (χ1v) is 10.3. The average Bonchev–Trinajstić information content (AvgIpc) is 2.79. The van der Waals surface area contributed by atoms with Crippen LogP contribution in [0.1, 0.15) is 58.8 Å². The Morgan fingerprint density at radius 2 is 1.88 bits per heavy atom. The number of rotatable bonds is 2. The maximum Gasteiger partial charge on any atom is 0.143 e. The molecule has 4 unspecified atom stereocenters. The zero-order chi connectivity index (χ0) is 18.0. The molecule has 0 saturated heterocycles. The van der Waals surface area contributed by atoms with Crippen molar-refractivity contribution in [3.05, 3.63) is 11.6 Å². The van der Waals surface area contributed by atoms with Crippen LogP contribution in [0.15, 0.2) is 11.6 Å². The molecule has 0 bridgehead atoms. The van der Waals surface area contributed by atoms with Gasteiger partial charge in [-0.05, 0) is 75.8 Å². The minimum atomic E-state index is -0.387. The molecular formula is C22H34NO2-. The molecule has 4 rings (SSSR count). The number of carbonyl (C=O) groups excluding carboxylic acids is 1. The van der Waals surface area contributed by atoms with Crippen LogP contribution in [0.2, 0.25) is 0 Å². The van der Waals surface area contributed by atoms with E-state index in [4.69, 9.17) is 0 Å². The molecule has 0 radical (unpaired) electrons. The summed E-state index contributed by atoms with van der Waals surface area (Å²) >= 11 is 0. The van der Waals surface area contributed by atoms with E-state index >= 15 is 0 Å². The van der Waals surface area contributed by atoms with Gasteiger partial charge in [0.05, 0.1) is 0 Å². The van der Waals surface area contributed by atoms with Gasteiger partial charge in [0.1, 0.15) is 5.78 Å². The van der Waals surface area contributed by atoms with Gasteiger partial charge in [-0.15, -0.1) is 6.10 Å². The summed E-state index contributed by atoms with van der Waals surface area (Å²) in [5.74, 6) is 2.63. The van der Waals surface area contributed by atoms with Gasteiger partial charge in [-0.1, -0.05) is 31.9 Å². The van der Waals surface area contributed by atoms with Gasteiger partial charge in [-0.3, -0.25) is 4.79 Å². The molecule has 25 heavy (non-hydrogen) atoms. The van der Waals surface area contributed by atoms with Gasteiger partial charge in [-0.2, -0.15) is 0 Å². The Morgan fingerprint density at radius 3 is 2.60 bits per heavy atom. The smallest absolute Gasteiger partial charge is 0.143 e. The average molecular weight is 345 g/mol. The lowest BCUT2D eigenvalue weighted by molar-refractivity contribution is -0.425. The summed E-state index contributed by atoms with van der Waals surface area (Å²) in [6.45, 7) is 5.60. The summed E-state index contributed by atoms with van der Waals surface area (Å²) < 4.78 is 0. The molecule has 0 N–H and O–H groups in total. The zero-order valence-corrected chi connectivity index (χ0v) is 16.4. The number of ketones is 1. The van der Waals surface area contributed by atoms with E-state index in [1.54, 1.807) is 0 Å². The molecule has 7 atom stereocenters. The van der Waals surface area contributed by atoms with Gasteiger partial charge in [0.15, 0.2) is 0 Å². The summed E-state index contributed by atoms with van der Waals surface area (Å²) in [6.07, 6.45) is 9.11. The molecule has 4 aliphatic carbocycles. The Bertz CT molecular complexity index is 597. The summed E-state index contributed by atoms with van der Waals surface area (Å²) in [6, 6.07) is 0. The van der Waals surface area contributed by atoms with Crippen molar-refractivity contribution in [1.82, 2.24) is 4.90 Å². The maximum absolute atomic E-state index is 13.2. The normalized spacial score (nSPS) is 49.4. The molecule has 3 saturated carbocycles. The molecule has 3 fully saturated rings. The number of fused-ring (bicyclic) bond motifs is 5. The molecule has 0 heterocycles. The Balaban J connectivity index is 1.63. The first-order chi connectivity index (χ1) is 11.8. The van der Waals surface area contributed by atoms with Gasteiger partial charge < -0.3 is 10.0 Å². The minimum Gasteiger partial charge on any atom is -0.852 e. The fourth-order valence-electron chi connectivity index (χ4n) is 7.17. The molecule has 3 nitrogen and oxygen atoms in total. The van der Waals surface area contributed by atoms with Crippen LogP contribution < -0.4 is 5.11 Å². The van der Waals surface area contributed by atoms with Crippen molar-refractivity contribution < 1.29 is 9.90 Å². The fraction of sp³-hybridized carbons (Fsp3) is 0.864. The Kier molecular flexibility index (Phi) is 4.20. The van der Waals surface area contributed by atoms with E-state index in [9.17, 15) is 9.90 Å². The van der Waals surface area contributed by atoms with E-state index < -0.39 is 0 Å². The first kappa shape index (κ1) is 17.7. The van der Waals surface area contributed by atoms with Crippen LogP contribution >= 0.6 is 0 Å². The van der Waals surface area contributed by atoms with Crippen LogP contribution in [0.5, 0.6) is 0 Å².